The Morgan fingerprint density at radius 3 is 2.18 bits per heavy atom. The van der Waals surface area contributed by atoms with E-state index in [-0.39, 0.29) is 16.8 Å². The number of carboxylic acids is 1. The second kappa shape index (κ2) is 11.2. The Morgan fingerprint density at radius 2 is 1.53 bits per heavy atom. The monoisotopic (exact) mass is 510 g/mol. The van der Waals surface area contributed by atoms with Crippen LogP contribution in [0.15, 0.2) is 89.1 Å². The smallest absolute Gasteiger partial charge is 0.337 e. The molecule has 0 unspecified atom stereocenters. The second-order valence-corrected chi connectivity index (χ2v) is 9.20. The molecule has 0 aromatic heterocycles. The number of rotatable bonds is 8. The maximum absolute atomic E-state index is 11.8. The van der Waals surface area contributed by atoms with E-state index in [0.717, 1.165) is 22.5 Å². The molecule has 4 rings (SSSR count). The summed E-state index contributed by atoms with van der Waals surface area (Å²) in [5, 5.41) is 41.7. The number of benzene rings is 4. The number of hydrogen-bond donors (Lipinski definition) is 4. The average molecular weight is 511 g/mol. The lowest BCUT2D eigenvalue weighted by Gasteiger charge is -2.17. The van der Waals surface area contributed by atoms with Crippen LogP contribution in [0.4, 0.5) is 28.4 Å². The molecule has 4 aromatic rings. The van der Waals surface area contributed by atoms with Crippen LogP contribution in [0.2, 0.25) is 0 Å². The third-order valence-corrected chi connectivity index (χ3v) is 6.40. The van der Waals surface area contributed by atoms with Gasteiger partial charge in [-0.15, -0.1) is 5.11 Å². The van der Waals surface area contributed by atoms with Gasteiger partial charge in [-0.25, -0.2) is 4.79 Å². The van der Waals surface area contributed by atoms with Crippen molar-refractivity contribution >= 4 is 34.4 Å². The Labute approximate surface area is 221 Å². The number of aliphatic hydroxyl groups is 2. The molecule has 38 heavy (non-hydrogen) atoms. The van der Waals surface area contributed by atoms with E-state index in [9.17, 15) is 20.1 Å². The van der Waals surface area contributed by atoms with Gasteiger partial charge in [-0.3, -0.25) is 0 Å². The lowest BCUT2D eigenvalue weighted by Crippen LogP contribution is -2.07. The van der Waals surface area contributed by atoms with Crippen molar-refractivity contribution in [1.82, 2.24) is 0 Å². The van der Waals surface area contributed by atoms with Crippen molar-refractivity contribution in [2.24, 2.45) is 10.2 Å². The number of nitrogens with zero attached hydrogens (tertiary/aromatic N) is 3. The van der Waals surface area contributed by atoms with E-state index in [1.807, 2.05) is 69.2 Å². The molecule has 0 aliphatic rings. The number of aliphatic hydroxyl groups excluding tert-OH is 1. The fourth-order valence-electron chi connectivity index (χ4n) is 4.01. The van der Waals surface area contributed by atoms with Gasteiger partial charge in [-0.1, -0.05) is 24.3 Å². The zero-order chi connectivity index (χ0) is 27.4. The molecule has 0 heterocycles. The van der Waals surface area contributed by atoms with E-state index < -0.39 is 12.3 Å². The molecule has 0 aliphatic heterocycles. The summed E-state index contributed by atoms with van der Waals surface area (Å²) in [5.41, 5.74) is 7.02. The summed E-state index contributed by atoms with van der Waals surface area (Å²) in [6, 6.07) is 23.3. The average Bonchev–Trinajstić information content (AvgIpc) is 2.90. The fourth-order valence-corrected chi connectivity index (χ4v) is 4.01. The third-order valence-electron chi connectivity index (χ3n) is 6.40. The van der Waals surface area contributed by atoms with Gasteiger partial charge in [-0.05, 0) is 90.7 Å². The lowest BCUT2D eigenvalue weighted by atomic mass is 9.99. The summed E-state index contributed by atoms with van der Waals surface area (Å²) < 4.78 is 0. The van der Waals surface area contributed by atoms with Gasteiger partial charge in [0.1, 0.15) is 5.69 Å². The van der Waals surface area contributed by atoms with Gasteiger partial charge in [0.15, 0.2) is 6.29 Å². The SMILES string of the molecule is Cc1cccc(Nc2ccc(-c3ccc(C(=O)O)c(/N=N/c4ccc(N(C)C)cc4)c3)cc2C(O)O)c1C. The number of carbonyl (C=O) groups is 1. The van der Waals surface area contributed by atoms with Crippen LogP contribution in [0.3, 0.4) is 0 Å². The molecular weight excluding hydrogens is 480 g/mol. The zero-order valence-corrected chi connectivity index (χ0v) is 21.7. The highest BCUT2D eigenvalue weighted by atomic mass is 16.5. The predicted octanol–water partition coefficient (Wildman–Crippen LogP) is 6.88. The van der Waals surface area contributed by atoms with Crippen LogP contribution in [0.25, 0.3) is 11.1 Å². The Kier molecular flexibility index (Phi) is 7.85. The van der Waals surface area contributed by atoms with Gasteiger partial charge in [0.2, 0.25) is 0 Å². The summed E-state index contributed by atoms with van der Waals surface area (Å²) in [4.78, 5) is 13.8. The number of aromatic carboxylic acids is 1. The van der Waals surface area contributed by atoms with E-state index >= 15 is 0 Å². The van der Waals surface area contributed by atoms with E-state index in [0.29, 0.717) is 22.5 Å². The molecule has 0 saturated heterocycles. The van der Waals surface area contributed by atoms with Crippen molar-refractivity contribution in [2.75, 3.05) is 24.3 Å². The summed E-state index contributed by atoms with van der Waals surface area (Å²) in [5.74, 6) is -1.12. The van der Waals surface area contributed by atoms with Crippen LogP contribution >= 0.6 is 0 Å². The van der Waals surface area contributed by atoms with E-state index in [1.165, 1.54) is 6.07 Å². The van der Waals surface area contributed by atoms with Gasteiger partial charge >= 0.3 is 5.97 Å². The maximum atomic E-state index is 11.8. The van der Waals surface area contributed by atoms with Crippen molar-refractivity contribution in [3.8, 4) is 11.1 Å². The highest BCUT2D eigenvalue weighted by molar-refractivity contribution is 5.94. The molecule has 0 saturated carbocycles. The molecular formula is C30H30N4O4. The lowest BCUT2D eigenvalue weighted by molar-refractivity contribution is -0.0418. The highest BCUT2D eigenvalue weighted by Gasteiger charge is 2.16. The standard InChI is InChI=1S/C30H30N4O4/c1-18-6-5-7-26(19(18)2)31-27-15-9-20(16-25(27)30(37)38)21-8-14-24(29(35)36)28(17-21)33-32-22-10-12-23(13-11-22)34(3)4/h5-17,30-31,37-38H,1-4H3,(H,35,36)/b33-32+. The van der Waals surface area contributed by atoms with E-state index in [2.05, 4.69) is 15.5 Å². The first-order valence-electron chi connectivity index (χ1n) is 12.0. The van der Waals surface area contributed by atoms with Crippen molar-refractivity contribution in [3.05, 3.63) is 101 Å². The minimum Gasteiger partial charge on any atom is -0.478 e. The van der Waals surface area contributed by atoms with Gasteiger partial charge < -0.3 is 25.5 Å². The predicted molar refractivity (Wildman–Crippen MR) is 150 cm³/mol. The topological polar surface area (TPSA) is 118 Å². The molecule has 4 N–H and O–H groups in total. The summed E-state index contributed by atoms with van der Waals surface area (Å²) in [6.45, 7) is 4.01. The molecule has 0 fully saturated rings. The quantitative estimate of drug-likeness (QED) is 0.152. The van der Waals surface area contributed by atoms with E-state index in [4.69, 9.17) is 0 Å². The summed E-state index contributed by atoms with van der Waals surface area (Å²) >= 11 is 0. The molecule has 0 spiro atoms. The first-order chi connectivity index (χ1) is 18.1. The molecule has 4 aromatic carbocycles. The molecule has 8 nitrogen and oxygen atoms in total. The largest absolute Gasteiger partial charge is 0.478 e. The van der Waals surface area contributed by atoms with Crippen LogP contribution < -0.4 is 10.2 Å². The van der Waals surface area contributed by atoms with Gasteiger partial charge in [0.05, 0.1) is 11.3 Å². The number of azo groups is 1. The molecule has 0 amide bonds. The van der Waals surface area contributed by atoms with Crippen molar-refractivity contribution in [2.45, 2.75) is 20.1 Å². The normalized spacial score (nSPS) is 11.2. The number of aryl methyl sites for hydroxylation is 1. The van der Waals surface area contributed by atoms with Gasteiger partial charge in [-0.2, -0.15) is 5.11 Å². The van der Waals surface area contributed by atoms with Crippen molar-refractivity contribution < 1.29 is 20.1 Å². The van der Waals surface area contributed by atoms with Crippen LogP contribution in [0.5, 0.6) is 0 Å². The van der Waals surface area contributed by atoms with E-state index in [1.54, 1.807) is 36.4 Å². The number of hydrogen-bond acceptors (Lipinski definition) is 7. The van der Waals surface area contributed by atoms with Crippen LogP contribution in [0, 0.1) is 13.8 Å². The molecule has 0 bridgehead atoms. The third kappa shape index (κ3) is 5.88. The summed E-state index contributed by atoms with van der Waals surface area (Å²) in [6.07, 6.45) is -1.72. The van der Waals surface area contributed by atoms with Crippen LogP contribution in [-0.2, 0) is 0 Å². The number of carboxylic acid groups (broad SMARTS) is 1. The fraction of sp³-hybridized carbons (Fsp3) is 0.167. The van der Waals surface area contributed by atoms with Crippen molar-refractivity contribution in [3.63, 3.8) is 0 Å². The van der Waals surface area contributed by atoms with Crippen molar-refractivity contribution in [1.29, 1.82) is 0 Å². The second-order valence-electron chi connectivity index (χ2n) is 9.20. The molecule has 0 aliphatic carbocycles. The van der Waals surface area contributed by atoms with Crippen LogP contribution in [0.1, 0.15) is 33.3 Å². The highest BCUT2D eigenvalue weighted by Crippen LogP contribution is 2.34. The first kappa shape index (κ1) is 26.5. The minimum absolute atomic E-state index is 0.0121. The Hall–Kier alpha value is -4.53. The maximum Gasteiger partial charge on any atom is 0.337 e. The van der Waals surface area contributed by atoms with Crippen LogP contribution in [-0.4, -0.2) is 35.4 Å². The molecule has 0 radical (unpaired) electrons. The van der Waals surface area contributed by atoms with Gasteiger partial charge in [0.25, 0.3) is 0 Å². The summed E-state index contributed by atoms with van der Waals surface area (Å²) in [7, 11) is 3.88. The molecule has 0 atom stereocenters. The number of anilines is 3. The minimum atomic E-state index is -1.72. The Bertz CT molecular complexity index is 1500. The van der Waals surface area contributed by atoms with Gasteiger partial charge in [0, 0.05) is 36.7 Å². The number of nitrogens with one attached hydrogen (secondary N) is 1. The first-order valence-corrected chi connectivity index (χ1v) is 12.0. The molecule has 8 heteroatoms. The Balaban J connectivity index is 1.69. The molecule has 194 valence electrons. The zero-order valence-electron chi connectivity index (χ0n) is 21.7. The Morgan fingerprint density at radius 1 is 0.842 bits per heavy atom.